The summed E-state index contributed by atoms with van der Waals surface area (Å²) in [6, 6.07) is -1.73. The van der Waals surface area contributed by atoms with Crippen LogP contribution in [0.5, 0.6) is 0 Å². The van der Waals surface area contributed by atoms with Crippen LogP contribution in [0.4, 0.5) is 0 Å². The number of esters is 4. The highest BCUT2D eigenvalue weighted by atomic mass is 31.2. The standard InChI is InChI=1S/C95H181N2O19P/c1-7-13-19-25-31-37-40-46-52-58-64-70-87(103)111-81(67-61-55-49-43-34-28-22-16-10-4)73-85(101)96-77-95(78-99,79-100)80-110-94-91(97-86(102)74-82(68-62-56-50-44-35-29-23-17-11-5)112-88(104)71-65-59-53-47-41-38-32-26-20-14-8-2)93(92(84(76-98)114-94)116-117(107,108)109)115-90(106)75-83(69-63-57-51-45-36-30-24-18-12-6)113-89(105)72-66-60-54-48-42-39-33-27-21-15-9-3/h81-84,91-94,98-100H,7-80H2,1-6H3,(H,96,101)(H,97,102)(H2,107,108,109)/t81-,82-,83-,84?,91+,92-,93?,94?/m1/s1. The first kappa shape index (κ1) is 112. The molecule has 0 aromatic rings. The highest BCUT2D eigenvalue weighted by molar-refractivity contribution is 7.46. The third-order valence-corrected chi connectivity index (χ3v) is 24.0. The molecule has 1 aliphatic rings. The maximum Gasteiger partial charge on any atom is 0.470 e. The highest BCUT2D eigenvalue weighted by Gasteiger charge is 2.53. The minimum Gasteiger partial charge on any atom is -0.462 e. The number of aliphatic hydroxyl groups excluding tert-OH is 3. The molecular formula is C95H181N2O19P. The molecule has 1 aliphatic heterocycles. The van der Waals surface area contributed by atoms with Crippen LogP contribution < -0.4 is 10.6 Å². The van der Waals surface area contributed by atoms with Gasteiger partial charge >= 0.3 is 31.7 Å². The number of amides is 2. The molecular weight excluding hydrogens is 1500 g/mol. The molecule has 2 amide bonds. The first-order chi connectivity index (χ1) is 56.9. The second-order valence-electron chi connectivity index (χ2n) is 34.9. The fourth-order valence-corrected chi connectivity index (χ4v) is 16.5. The molecule has 21 nitrogen and oxygen atoms in total. The van der Waals surface area contributed by atoms with Crippen molar-refractivity contribution in [1.29, 1.82) is 0 Å². The summed E-state index contributed by atoms with van der Waals surface area (Å²) >= 11 is 0. The number of rotatable bonds is 87. The monoisotopic (exact) mass is 1690 g/mol. The van der Waals surface area contributed by atoms with Crippen molar-refractivity contribution >= 4 is 43.5 Å². The molecule has 1 fully saturated rings. The van der Waals surface area contributed by atoms with Crippen molar-refractivity contribution in [2.45, 2.75) is 534 Å². The minimum atomic E-state index is -5.56. The van der Waals surface area contributed by atoms with E-state index < -0.39 is 131 Å². The minimum absolute atomic E-state index is 0.139. The Morgan fingerprint density at radius 3 is 0.915 bits per heavy atom. The van der Waals surface area contributed by atoms with Crippen LogP contribution in [0.25, 0.3) is 0 Å². The second-order valence-corrected chi connectivity index (χ2v) is 36.1. The molecule has 0 aliphatic carbocycles. The number of hydrogen-bond donors (Lipinski definition) is 7. The Kier molecular flexibility index (Phi) is 75.2. The maximum atomic E-state index is 15.0. The third-order valence-electron chi connectivity index (χ3n) is 23.5. The normalized spacial score (nSPS) is 16.6. The van der Waals surface area contributed by atoms with E-state index in [1.165, 1.54) is 173 Å². The van der Waals surface area contributed by atoms with E-state index in [0.29, 0.717) is 51.4 Å². The first-order valence-electron chi connectivity index (χ1n) is 49.0. The Bertz CT molecular complexity index is 2380. The first-order valence-corrected chi connectivity index (χ1v) is 50.6. The van der Waals surface area contributed by atoms with Gasteiger partial charge in [-0.2, -0.15) is 0 Å². The zero-order chi connectivity index (χ0) is 85.8. The molecule has 22 heteroatoms. The molecule has 690 valence electrons. The van der Waals surface area contributed by atoms with Gasteiger partial charge in [-0.25, -0.2) is 4.57 Å². The Hall–Kier alpha value is -3.27. The van der Waals surface area contributed by atoms with Crippen molar-refractivity contribution in [2.24, 2.45) is 5.41 Å². The van der Waals surface area contributed by atoms with E-state index in [9.17, 15) is 53.6 Å². The summed E-state index contributed by atoms with van der Waals surface area (Å²) in [7, 11) is -5.56. The lowest BCUT2D eigenvalue weighted by Gasteiger charge is -2.46. The van der Waals surface area contributed by atoms with Crippen LogP contribution in [0, 0.1) is 5.41 Å². The summed E-state index contributed by atoms with van der Waals surface area (Å²) in [4.78, 5) is 106. The average Bonchev–Trinajstić information content (AvgIpc) is 0.777. The molecule has 0 radical (unpaired) electrons. The Morgan fingerprint density at radius 2 is 0.632 bits per heavy atom. The number of ether oxygens (including phenoxy) is 6. The summed E-state index contributed by atoms with van der Waals surface area (Å²) in [5.41, 5.74) is -1.69. The third kappa shape index (κ3) is 65.1. The number of nitrogens with one attached hydrogen (secondary N) is 2. The van der Waals surface area contributed by atoms with E-state index in [0.717, 1.165) is 180 Å². The van der Waals surface area contributed by atoms with Crippen LogP contribution in [-0.2, 0) is 66.3 Å². The lowest BCUT2D eigenvalue weighted by molar-refractivity contribution is -0.278. The Morgan fingerprint density at radius 1 is 0.359 bits per heavy atom. The summed E-state index contributed by atoms with van der Waals surface area (Å²) in [5.74, 6) is -3.55. The molecule has 0 saturated carbocycles. The number of hydrogen-bond acceptors (Lipinski definition) is 17. The van der Waals surface area contributed by atoms with Gasteiger partial charge in [-0.3, -0.25) is 33.3 Å². The molecule has 0 bridgehead atoms. The van der Waals surface area contributed by atoms with Gasteiger partial charge in [0.05, 0.1) is 51.1 Å². The summed E-state index contributed by atoms with van der Waals surface area (Å²) in [6.07, 6.45) is 55.4. The van der Waals surface area contributed by atoms with Gasteiger partial charge < -0.3 is 64.2 Å². The molecule has 1 heterocycles. The quantitative estimate of drug-likeness (QED) is 0.0129. The fourth-order valence-electron chi connectivity index (χ4n) is 15.9. The topological polar surface area (TPSA) is 309 Å². The fraction of sp³-hybridized carbons (Fsp3) is 0.937. The number of phosphoric ester groups is 1. The van der Waals surface area contributed by atoms with Gasteiger partial charge in [0.25, 0.3) is 0 Å². The van der Waals surface area contributed by atoms with Gasteiger partial charge in [0.1, 0.15) is 36.6 Å². The maximum absolute atomic E-state index is 15.0. The van der Waals surface area contributed by atoms with Crippen LogP contribution in [0.15, 0.2) is 0 Å². The lowest BCUT2D eigenvalue weighted by atomic mass is 9.90. The van der Waals surface area contributed by atoms with E-state index in [4.69, 9.17) is 32.9 Å². The summed E-state index contributed by atoms with van der Waals surface area (Å²) < 4.78 is 56.0. The number of phosphoric acid groups is 1. The zero-order valence-electron chi connectivity index (χ0n) is 75.8. The van der Waals surface area contributed by atoms with E-state index in [2.05, 4.69) is 52.2 Å². The van der Waals surface area contributed by atoms with Gasteiger partial charge in [-0.05, 0) is 57.8 Å². The van der Waals surface area contributed by atoms with E-state index in [1.54, 1.807) is 0 Å². The number of unbranched alkanes of at least 4 members (excludes halogenated alkanes) is 54. The SMILES string of the molecule is CCCCCCCCCCCCCC(=O)O[C@H](CCCCCCCCCCC)CC(=O)NCC(CO)(CO)COC1OC(CO)[C@@H](OP(=O)(O)O)C(OC(=O)C[C@@H](CCCCCCCCCCC)OC(=O)CCCCCCCCCCCCC)[C@@H]1NC(=O)C[C@@H](CCCCCCCCCCC)OC(=O)CCCCCCCCCCCCC. The summed E-state index contributed by atoms with van der Waals surface area (Å²) in [6.45, 7) is 9.69. The van der Waals surface area contributed by atoms with E-state index in [-0.39, 0.29) is 38.2 Å². The van der Waals surface area contributed by atoms with Crippen LogP contribution in [0.1, 0.15) is 485 Å². The molecule has 3 unspecified atom stereocenters. The van der Waals surface area contributed by atoms with Crippen LogP contribution in [0.3, 0.4) is 0 Å². The van der Waals surface area contributed by atoms with Gasteiger partial charge in [-0.1, -0.05) is 388 Å². The predicted octanol–water partition coefficient (Wildman–Crippen LogP) is 23.5. The average molecular weight is 1690 g/mol. The Balaban J connectivity index is 3.84. The zero-order valence-corrected chi connectivity index (χ0v) is 76.7. The number of carbonyl (C=O) groups excluding carboxylic acids is 6. The van der Waals surface area contributed by atoms with Crippen LogP contribution in [0.2, 0.25) is 0 Å². The predicted molar refractivity (Wildman–Crippen MR) is 472 cm³/mol. The highest BCUT2D eigenvalue weighted by Crippen LogP contribution is 2.43. The molecule has 117 heavy (non-hydrogen) atoms. The van der Waals surface area contributed by atoms with Gasteiger partial charge in [0, 0.05) is 25.8 Å². The molecule has 1 saturated heterocycles. The number of aliphatic hydroxyl groups is 3. The molecule has 8 atom stereocenters. The number of carbonyl (C=O) groups is 6. The molecule has 1 rings (SSSR count). The van der Waals surface area contributed by atoms with Crippen LogP contribution >= 0.6 is 7.82 Å². The molecule has 0 spiro atoms. The smallest absolute Gasteiger partial charge is 0.462 e. The van der Waals surface area contributed by atoms with Crippen LogP contribution in [-0.4, -0.2) is 143 Å². The summed E-state index contributed by atoms with van der Waals surface area (Å²) in [5, 5.41) is 39.3. The van der Waals surface area contributed by atoms with E-state index >= 15 is 4.79 Å². The van der Waals surface area contributed by atoms with E-state index in [1.807, 2.05) is 0 Å². The van der Waals surface area contributed by atoms with Crippen molar-refractivity contribution in [3.8, 4) is 0 Å². The van der Waals surface area contributed by atoms with Crippen molar-refractivity contribution in [1.82, 2.24) is 10.6 Å². The van der Waals surface area contributed by atoms with Crippen molar-refractivity contribution in [3.05, 3.63) is 0 Å². The van der Waals surface area contributed by atoms with Crippen molar-refractivity contribution in [3.63, 3.8) is 0 Å². The second kappa shape index (κ2) is 78.7. The lowest BCUT2D eigenvalue weighted by Crippen LogP contribution is -2.67. The molecule has 0 aromatic heterocycles. The van der Waals surface area contributed by atoms with Gasteiger partial charge in [0.2, 0.25) is 11.8 Å². The van der Waals surface area contributed by atoms with Crippen molar-refractivity contribution < 1.29 is 91.4 Å². The molecule has 0 aromatic carbocycles. The largest absolute Gasteiger partial charge is 0.470 e. The molecule has 7 N–H and O–H groups in total. The van der Waals surface area contributed by atoms with Crippen molar-refractivity contribution in [2.75, 3.05) is 33.0 Å². The Labute approximate surface area is 713 Å². The van der Waals surface area contributed by atoms with Gasteiger partial charge in [-0.15, -0.1) is 0 Å². The van der Waals surface area contributed by atoms with Gasteiger partial charge in [0.15, 0.2) is 12.4 Å².